The second-order valence-corrected chi connectivity index (χ2v) is 6.31. The van der Waals surface area contributed by atoms with Crippen LogP contribution in [0.2, 0.25) is 0 Å². The number of nitro groups is 1. The van der Waals surface area contributed by atoms with Crippen LogP contribution in [0, 0.1) is 17.0 Å². The smallest absolute Gasteiger partial charge is 0.342 e. The minimum atomic E-state index is -0.671. The second kappa shape index (κ2) is 7.62. The molecule has 1 aliphatic rings. The SMILES string of the molecule is Cc1ncc([N+](=O)[O-])n1CC(O)CN1CCN(c2ccccc2)CC1. The van der Waals surface area contributed by atoms with Gasteiger partial charge in [0.05, 0.1) is 0 Å². The number of aromatic nitrogens is 2. The second-order valence-electron chi connectivity index (χ2n) is 6.31. The Balaban J connectivity index is 1.52. The summed E-state index contributed by atoms with van der Waals surface area (Å²) in [5.74, 6) is 0.463. The van der Waals surface area contributed by atoms with Gasteiger partial charge in [-0.1, -0.05) is 18.2 Å². The van der Waals surface area contributed by atoms with E-state index < -0.39 is 11.0 Å². The maximum absolute atomic E-state index is 11.0. The number of aliphatic hydroxyl groups is 1. The van der Waals surface area contributed by atoms with Crippen molar-refractivity contribution >= 4 is 11.5 Å². The number of piperazine rings is 1. The number of rotatable bonds is 6. The molecule has 8 heteroatoms. The van der Waals surface area contributed by atoms with Crippen LogP contribution in [0.3, 0.4) is 0 Å². The molecular formula is C17H23N5O3. The first-order valence-corrected chi connectivity index (χ1v) is 8.41. The van der Waals surface area contributed by atoms with E-state index in [1.54, 1.807) is 6.92 Å². The number of nitrogens with zero attached hydrogens (tertiary/aromatic N) is 5. The third kappa shape index (κ3) is 4.15. The average Bonchev–Trinajstić information content (AvgIpc) is 2.97. The molecule has 2 aromatic rings. The maximum atomic E-state index is 11.0. The highest BCUT2D eigenvalue weighted by atomic mass is 16.6. The van der Waals surface area contributed by atoms with E-state index in [2.05, 4.69) is 26.9 Å². The lowest BCUT2D eigenvalue weighted by Gasteiger charge is -2.36. The van der Waals surface area contributed by atoms with Crippen molar-refractivity contribution in [3.63, 3.8) is 0 Å². The van der Waals surface area contributed by atoms with E-state index in [-0.39, 0.29) is 12.4 Å². The van der Waals surface area contributed by atoms with Gasteiger partial charge >= 0.3 is 5.82 Å². The number of anilines is 1. The Morgan fingerprint density at radius 3 is 2.52 bits per heavy atom. The molecule has 0 amide bonds. The highest BCUT2D eigenvalue weighted by molar-refractivity contribution is 5.46. The van der Waals surface area contributed by atoms with Crippen molar-refractivity contribution in [2.75, 3.05) is 37.6 Å². The van der Waals surface area contributed by atoms with E-state index in [0.717, 1.165) is 26.2 Å². The molecule has 1 fully saturated rings. The Kier molecular flexibility index (Phi) is 5.30. The van der Waals surface area contributed by atoms with Crippen LogP contribution in [-0.4, -0.2) is 63.3 Å². The average molecular weight is 345 g/mol. The number of imidazole rings is 1. The van der Waals surface area contributed by atoms with Gasteiger partial charge < -0.3 is 20.1 Å². The van der Waals surface area contributed by atoms with Crippen LogP contribution in [0.1, 0.15) is 5.82 Å². The predicted octanol–water partition coefficient (Wildman–Crippen LogP) is 1.28. The lowest BCUT2D eigenvalue weighted by atomic mass is 10.2. The molecule has 0 aliphatic carbocycles. The third-order valence-corrected chi connectivity index (χ3v) is 4.58. The lowest BCUT2D eigenvalue weighted by molar-refractivity contribution is -0.392. The van der Waals surface area contributed by atoms with Gasteiger partial charge in [0.15, 0.2) is 5.82 Å². The summed E-state index contributed by atoms with van der Waals surface area (Å²) in [7, 11) is 0. The third-order valence-electron chi connectivity index (χ3n) is 4.58. The van der Waals surface area contributed by atoms with Crippen LogP contribution in [0.25, 0.3) is 0 Å². The summed E-state index contributed by atoms with van der Waals surface area (Å²) in [6.45, 7) is 5.91. The highest BCUT2D eigenvalue weighted by Gasteiger charge is 2.24. The zero-order chi connectivity index (χ0) is 17.8. The Morgan fingerprint density at radius 1 is 1.20 bits per heavy atom. The first-order valence-electron chi connectivity index (χ1n) is 8.41. The topological polar surface area (TPSA) is 87.7 Å². The van der Waals surface area contributed by atoms with Crippen molar-refractivity contribution in [3.8, 4) is 0 Å². The molecule has 1 saturated heterocycles. The first-order chi connectivity index (χ1) is 12.0. The zero-order valence-corrected chi connectivity index (χ0v) is 14.3. The summed E-state index contributed by atoms with van der Waals surface area (Å²) < 4.78 is 1.46. The number of benzene rings is 1. The van der Waals surface area contributed by atoms with Crippen LogP contribution in [0.4, 0.5) is 11.5 Å². The van der Waals surface area contributed by atoms with Gasteiger partial charge in [0.2, 0.25) is 0 Å². The molecule has 1 atom stereocenters. The minimum Gasteiger partial charge on any atom is -0.388 e. The molecule has 0 saturated carbocycles. The quantitative estimate of drug-likeness (QED) is 0.627. The Hall–Kier alpha value is -2.45. The minimum absolute atomic E-state index is 0.0783. The predicted molar refractivity (Wildman–Crippen MR) is 94.7 cm³/mol. The summed E-state index contributed by atoms with van der Waals surface area (Å²) in [5, 5.41) is 21.4. The van der Waals surface area contributed by atoms with Crippen molar-refractivity contribution in [2.24, 2.45) is 0 Å². The number of aryl methyl sites for hydroxylation is 1. The maximum Gasteiger partial charge on any atom is 0.342 e. The molecule has 1 unspecified atom stereocenters. The Bertz CT molecular complexity index is 710. The molecule has 0 spiro atoms. The monoisotopic (exact) mass is 345 g/mol. The number of hydrogen-bond donors (Lipinski definition) is 1. The van der Waals surface area contributed by atoms with E-state index in [4.69, 9.17) is 0 Å². The number of hydrogen-bond acceptors (Lipinski definition) is 6. The van der Waals surface area contributed by atoms with Crippen LogP contribution in [0.15, 0.2) is 36.5 Å². The lowest BCUT2D eigenvalue weighted by Crippen LogP contribution is -2.49. The van der Waals surface area contributed by atoms with E-state index in [1.165, 1.54) is 16.5 Å². The summed E-state index contributed by atoms with van der Waals surface area (Å²) in [4.78, 5) is 19.1. The van der Waals surface area contributed by atoms with Gasteiger partial charge in [-0.2, -0.15) is 0 Å². The summed E-state index contributed by atoms with van der Waals surface area (Å²) in [6, 6.07) is 10.3. The number of para-hydroxylation sites is 1. The van der Waals surface area contributed by atoms with Crippen LogP contribution in [0.5, 0.6) is 0 Å². The van der Waals surface area contributed by atoms with E-state index in [9.17, 15) is 15.2 Å². The van der Waals surface area contributed by atoms with E-state index in [1.807, 2.05) is 18.2 Å². The summed E-state index contributed by atoms with van der Waals surface area (Å²) >= 11 is 0. The van der Waals surface area contributed by atoms with Crippen molar-refractivity contribution in [3.05, 3.63) is 52.5 Å². The normalized spacial score (nSPS) is 16.8. The molecule has 25 heavy (non-hydrogen) atoms. The molecule has 1 aromatic heterocycles. The van der Waals surface area contributed by atoms with Gasteiger partial charge in [-0.3, -0.25) is 4.90 Å². The first kappa shape index (κ1) is 17.4. The van der Waals surface area contributed by atoms with Gasteiger partial charge in [0.1, 0.15) is 18.8 Å². The molecule has 0 radical (unpaired) electrons. The molecule has 134 valence electrons. The van der Waals surface area contributed by atoms with Crippen LogP contribution >= 0.6 is 0 Å². The summed E-state index contributed by atoms with van der Waals surface area (Å²) in [5.41, 5.74) is 1.22. The number of β-amino-alcohol motifs (C(OH)–C–C–N with tert-alkyl or cyclic N) is 1. The largest absolute Gasteiger partial charge is 0.388 e. The van der Waals surface area contributed by atoms with Crippen molar-refractivity contribution in [1.82, 2.24) is 14.5 Å². The molecule has 1 aromatic carbocycles. The molecule has 0 bridgehead atoms. The van der Waals surface area contributed by atoms with Crippen LogP contribution in [-0.2, 0) is 6.54 Å². The fourth-order valence-corrected chi connectivity index (χ4v) is 3.22. The fourth-order valence-electron chi connectivity index (χ4n) is 3.22. The Labute approximate surface area is 146 Å². The molecule has 8 nitrogen and oxygen atoms in total. The van der Waals surface area contributed by atoms with Crippen molar-refractivity contribution < 1.29 is 10.0 Å². The van der Waals surface area contributed by atoms with Gasteiger partial charge in [-0.05, 0) is 17.1 Å². The van der Waals surface area contributed by atoms with E-state index in [0.29, 0.717) is 12.4 Å². The van der Waals surface area contributed by atoms with E-state index >= 15 is 0 Å². The molecule has 1 aliphatic heterocycles. The van der Waals surface area contributed by atoms with Gasteiger partial charge in [0.25, 0.3) is 0 Å². The Morgan fingerprint density at radius 2 is 1.88 bits per heavy atom. The van der Waals surface area contributed by atoms with Crippen molar-refractivity contribution in [2.45, 2.75) is 19.6 Å². The molecular weight excluding hydrogens is 322 g/mol. The highest BCUT2D eigenvalue weighted by Crippen LogP contribution is 2.17. The van der Waals surface area contributed by atoms with Gasteiger partial charge in [-0.15, -0.1) is 0 Å². The number of aliphatic hydroxyl groups excluding tert-OH is 1. The summed E-state index contributed by atoms with van der Waals surface area (Å²) in [6.07, 6.45) is 0.565. The molecule has 2 heterocycles. The molecule has 1 N–H and O–H groups in total. The van der Waals surface area contributed by atoms with Crippen LogP contribution < -0.4 is 4.90 Å². The molecule has 3 rings (SSSR count). The zero-order valence-electron chi connectivity index (χ0n) is 14.3. The van der Waals surface area contributed by atoms with Gasteiger partial charge in [-0.25, -0.2) is 9.55 Å². The van der Waals surface area contributed by atoms with Crippen molar-refractivity contribution in [1.29, 1.82) is 0 Å². The standard InChI is InChI=1S/C17H23N5O3/c1-14-18-11-17(22(24)25)21(14)13-16(23)12-19-7-9-20(10-8-19)15-5-3-2-4-6-15/h2-6,11,16,23H,7-10,12-13H2,1H3. The van der Waals surface area contributed by atoms with Gasteiger partial charge in [0, 0.05) is 45.3 Å². The fraction of sp³-hybridized carbons (Fsp3) is 0.471.